The highest BCUT2D eigenvalue weighted by molar-refractivity contribution is 5.79. The summed E-state index contributed by atoms with van der Waals surface area (Å²) in [7, 11) is 0. The molecule has 2 fully saturated rings. The van der Waals surface area contributed by atoms with E-state index in [2.05, 4.69) is 52.4 Å². The summed E-state index contributed by atoms with van der Waals surface area (Å²) in [5, 5.41) is 7.30. The van der Waals surface area contributed by atoms with E-state index in [1.165, 1.54) is 0 Å². The summed E-state index contributed by atoms with van der Waals surface area (Å²) in [5.74, 6) is 7.74. The number of nitrogens with zero attached hydrogens (tertiary/aromatic N) is 3. The van der Waals surface area contributed by atoms with Crippen LogP contribution in [0.15, 0.2) is 48.7 Å². The topological polar surface area (TPSA) is 112 Å². The van der Waals surface area contributed by atoms with E-state index in [1.54, 1.807) is 4.90 Å². The molecule has 0 aliphatic carbocycles. The maximum atomic E-state index is 13.1. The molecule has 3 N–H and O–H groups in total. The Morgan fingerprint density at radius 1 is 0.896 bits per heavy atom. The SMILES string of the molecule is C[C@@H]1C[C@@H](C2(C)Nc3ccc(C#Cc4ccc(-c5cnc([C@@H]6CCCN6C(=O)OC(C)(C)C)[nH]5)cc4)cc3N2)N(C(=O)OC(C)(C)C)C1. The van der Waals surface area contributed by atoms with E-state index in [0.717, 1.165) is 58.8 Å². The molecule has 1 unspecified atom stereocenters. The van der Waals surface area contributed by atoms with Gasteiger partial charge in [-0.15, -0.1) is 0 Å². The lowest BCUT2D eigenvalue weighted by molar-refractivity contribution is 0.0181. The number of H-pyrrole nitrogens is 1. The predicted molar refractivity (Wildman–Crippen MR) is 188 cm³/mol. The van der Waals surface area contributed by atoms with Gasteiger partial charge >= 0.3 is 12.2 Å². The van der Waals surface area contributed by atoms with E-state index >= 15 is 0 Å². The zero-order valence-corrected chi connectivity index (χ0v) is 29.4. The van der Waals surface area contributed by atoms with Gasteiger partial charge in [-0.3, -0.25) is 4.90 Å². The van der Waals surface area contributed by atoms with Gasteiger partial charge in [0.25, 0.3) is 0 Å². The highest BCUT2D eigenvalue weighted by Gasteiger charge is 2.49. The van der Waals surface area contributed by atoms with Crippen molar-refractivity contribution in [1.82, 2.24) is 19.8 Å². The second-order valence-electron chi connectivity index (χ2n) is 15.5. The van der Waals surface area contributed by atoms with Gasteiger partial charge in [-0.1, -0.05) is 30.9 Å². The Hall–Kier alpha value is -4.65. The maximum absolute atomic E-state index is 13.1. The Balaban J connectivity index is 1.11. The number of fused-ring (bicyclic) bond motifs is 1. The van der Waals surface area contributed by atoms with Gasteiger partial charge < -0.3 is 30.0 Å². The van der Waals surface area contributed by atoms with Crippen LogP contribution in [-0.4, -0.2) is 68.0 Å². The van der Waals surface area contributed by atoms with Crippen LogP contribution < -0.4 is 10.6 Å². The first-order chi connectivity index (χ1) is 22.6. The van der Waals surface area contributed by atoms with E-state index in [1.807, 2.05) is 89.0 Å². The van der Waals surface area contributed by atoms with Crippen LogP contribution >= 0.6 is 0 Å². The molecule has 2 aromatic carbocycles. The number of likely N-dealkylation sites (tertiary alicyclic amines) is 2. The predicted octanol–water partition coefficient (Wildman–Crippen LogP) is 7.75. The van der Waals surface area contributed by atoms with E-state index in [9.17, 15) is 9.59 Å². The number of aromatic amines is 1. The number of amides is 2. The fourth-order valence-corrected chi connectivity index (χ4v) is 6.83. The number of carbonyl (C=O) groups excluding carboxylic acids is 2. The average molecular weight is 653 g/mol. The standard InChI is InChI=1S/C38H48N6O4/c1-24-20-32(44(23-24)35(46)48-37(5,6)7)38(8)41-28-18-15-26(21-29(28)42-38)12-11-25-13-16-27(17-14-25)30-22-39-33(40-30)31-10-9-19-43(31)34(45)47-36(2,3)4/h13-18,21-22,24,31-32,41-42H,9-10,19-20,23H2,1-8H3,(H,39,40)/t24-,31+,32+,38?/m1/s1. The fourth-order valence-electron chi connectivity index (χ4n) is 6.83. The second kappa shape index (κ2) is 12.4. The van der Waals surface area contributed by atoms with E-state index in [0.29, 0.717) is 19.0 Å². The Morgan fingerprint density at radius 3 is 2.21 bits per heavy atom. The summed E-state index contributed by atoms with van der Waals surface area (Å²) in [5.41, 5.74) is 4.00. The van der Waals surface area contributed by atoms with Gasteiger partial charge in [0.1, 0.15) is 22.7 Å². The number of aromatic nitrogens is 2. The molecule has 3 aliphatic heterocycles. The molecular weight excluding hydrogens is 604 g/mol. The molecule has 254 valence electrons. The third-order valence-corrected chi connectivity index (χ3v) is 8.95. The molecule has 10 nitrogen and oxygen atoms in total. The molecule has 4 heterocycles. The lowest BCUT2D eigenvalue weighted by Crippen LogP contribution is -2.57. The summed E-state index contributed by atoms with van der Waals surface area (Å²) >= 11 is 0. The smallest absolute Gasteiger partial charge is 0.410 e. The van der Waals surface area contributed by atoms with Crippen molar-refractivity contribution >= 4 is 23.6 Å². The van der Waals surface area contributed by atoms with E-state index in [4.69, 9.17) is 9.47 Å². The van der Waals surface area contributed by atoms with E-state index in [-0.39, 0.29) is 24.3 Å². The molecule has 48 heavy (non-hydrogen) atoms. The summed E-state index contributed by atoms with van der Waals surface area (Å²) in [6.45, 7) is 16.9. The maximum Gasteiger partial charge on any atom is 0.410 e. The van der Waals surface area contributed by atoms with Crippen molar-refractivity contribution < 1.29 is 19.1 Å². The van der Waals surface area contributed by atoms with E-state index < -0.39 is 16.9 Å². The highest BCUT2D eigenvalue weighted by Crippen LogP contribution is 2.41. The van der Waals surface area contributed by atoms with Crippen LogP contribution in [0.5, 0.6) is 0 Å². The van der Waals surface area contributed by atoms with Gasteiger partial charge in [-0.2, -0.15) is 0 Å². The van der Waals surface area contributed by atoms with Gasteiger partial charge in [0.15, 0.2) is 0 Å². The first-order valence-electron chi connectivity index (χ1n) is 16.9. The molecule has 4 atom stereocenters. The number of rotatable bonds is 3. The van der Waals surface area contributed by atoms with Crippen molar-refractivity contribution in [2.75, 3.05) is 23.7 Å². The van der Waals surface area contributed by atoms with Crippen LogP contribution in [0, 0.1) is 17.8 Å². The largest absolute Gasteiger partial charge is 0.444 e. The Morgan fingerprint density at radius 2 is 1.52 bits per heavy atom. The Kier molecular flexibility index (Phi) is 8.61. The Bertz CT molecular complexity index is 1740. The number of carbonyl (C=O) groups is 2. The number of hydrogen-bond acceptors (Lipinski definition) is 7. The van der Waals surface area contributed by atoms with Crippen molar-refractivity contribution in [3.63, 3.8) is 0 Å². The molecule has 0 saturated carbocycles. The summed E-state index contributed by atoms with van der Waals surface area (Å²) in [4.78, 5) is 37.6. The first kappa shape index (κ1) is 33.3. The number of hydrogen-bond donors (Lipinski definition) is 3. The Labute approximate surface area is 284 Å². The minimum Gasteiger partial charge on any atom is -0.444 e. The molecule has 3 aliphatic rings. The van der Waals surface area contributed by atoms with Crippen LogP contribution in [0.4, 0.5) is 21.0 Å². The number of benzene rings is 2. The highest BCUT2D eigenvalue weighted by atomic mass is 16.6. The third kappa shape index (κ3) is 7.25. The molecule has 0 bridgehead atoms. The summed E-state index contributed by atoms with van der Waals surface area (Å²) in [6.07, 6.45) is 3.87. The zero-order valence-electron chi connectivity index (χ0n) is 29.4. The minimum absolute atomic E-state index is 0.0733. The minimum atomic E-state index is -0.549. The first-order valence-corrected chi connectivity index (χ1v) is 16.9. The fraction of sp³-hybridized carbons (Fsp3) is 0.500. The van der Waals surface area contributed by atoms with Gasteiger partial charge in [0.2, 0.25) is 0 Å². The van der Waals surface area contributed by atoms with Gasteiger partial charge in [0.05, 0.1) is 35.3 Å². The molecule has 2 saturated heterocycles. The summed E-state index contributed by atoms with van der Waals surface area (Å²) < 4.78 is 11.4. The van der Waals surface area contributed by atoms with Crippen LogP contribution in [-0.2, 0) is 9.47 Å². The van der Waals surface area contributed by atoms with Crippen molar-refractivity contribution in [2.24, 2.45) is 5.92 Å². The summed E-state index contributed by atoms with van der Waals surface area (Å²) in [6, 6.07) is 14.0. The molecule has 1 aromatic heterocycles. The molecule has 2 amide bonds. The zero-order chi connectivity index (χ0) is 34.4. The van der Waals surface area contributed by atoms with Crippen molar-refractivity contribution in [2.45, 2.75) is 104 Å². The second-order valence-corrected chi connectivity index (χ2v) is 15.5. The van der Waals surface area contributed by atoms with Crippen LogP contribution in [0.3, 0.4) is 0 Å². The molecule has 0 radical (unpaired) electrons. The van der Waals surface area contributed by atoms with Crippen LogP contribution in [0.2, 0.25) is 0 Å². The quantitative estimate of drug-likeness (QED) is 0.248. The monoisotopic (exact) mass is 652 g/mol. The van der Waals surface area contributed by atoms with Crippen LogP contribution in [0.1, 0.15) is 97.6 Å². The van der Waals surface area contributed by atoms with Crippen molar-refractivity contribution in [3.05, 3.63) is 65.6 Å². The molecule has 10 heteroatoms. The number of nitrogens with one attached hydrogen (secondary N) is 3. The lowest BCUT2D eigenvalue weighted by atomic mass is 9.97. The lowest BCUT2D eigenvalue weighted by Gasteiger charge is -2.38. The van der Waals surface area contributed by atoms with Crippen LogP contribution in [0.25, 0.3) is 11.3 Å². The number of ether oxygens (including phenoxy) is 2. The van der Waals surface area contributed by atoms with Gasteiger partial charge in [-0.05, 0) is 110 Å². The molecule has 3 aromatic rings. The third-order valence-electron chi connectivity index (χ3n) is 8.95. The number of anilines is 2. The molecular formula is C38H48N6O4. The van der Waals surface area contributed by atoms with Crippen molar-refractivity contribution in [3.8, 4) is 23.1 Å². The normalized spacial score (nSPS) is 23.5. The van der Waals surface area contributed by atoms with Crippen molar-refractivity contribution in [1.29, 1.82) is 0 Å². The average Bonchev–Trinajstić information content (AvgIpc) is 3.79. The van der Waals surface area contributed by atoms with Gasteiger partial charge in [-0.25, -0.2) is 14.6 Å². The van der Waals surface area contributed by atoms with Gasteiger partial charge in [0, 0.05) is 24.2 Å². The molecule has 0 spiro atoms. The number of imidazole rings is 1. The molecule has 6 rings (SSSR count).